The monoisotopic (exact) mass is 434 g/mol. The van der Waals surface area contributed by atoms with Crippen LogP contribution in [0.4, 0.5) is 0 Å². The van der Waals surface area contributed by atoms with E-state index in [1.807, 2.05) is 12.1 Å². The first-order valence-electron chi connectivity index (χ1n) is 9.25. The van der Waals surface area contributed by atoms with E-state index in [9.17, 15) is 13.2 Å². The van der Waals surface area contributed by atoms with Crippen LogP contribution < -0.4 is 0 Å². The number of fused-ring (bicyclic) bond motifs is 1. The third-order valence-corrected chi connectivity index (χ3v) is 6.72. The largest absolute Gasteiger partial charge is 0.481 e. The van der Waals surface area contributed by atoms with Crippen LogP contribution in [0.15, 0.2) is 47.4 Å². The lowest BCUT2D eigenvalue weighted by atomic mass is 9.87. The molecule has 1 N–H and O–H groups in total. The number of hydrogen-bond donors (Lipinski definition) is 1. The zero-order valence-electron chi connectivity index (χ0n) is 16.5. The maximum atomic E-state index is 13.5. The maximum Gasteiger partial charge on any atom is 0.303 e. The molecule has 0 aliphatic heterocycles. The Morgan fingerprint density at radius 3 is 2.38 bits per heavy atom. The van der Waals surface area contributed by atoms with Gasteiger partial charge in [0.2, 0.25) is 0 Å². The molecule has 0 aliphatic carbocycles. The van der Waals surface area contributed by atoms with Crippen molar-refractivity contribution in [3.63, 3.8) is 0 Å². The summed E-state index contributed by atoms with van der Waals surface area (Å²) in [6.07, 6.45) is 0.563. The van der Waals surface area contributed by atoms with Crippen LogP contribution in [0.3, 0.4) is 0 Å². The Bertz CT molecular complexity index is 1160. The van der Waals surface area contributed by atoms with Crippen LogP contribution >= 0.6 is 11.6 Å². The highest BCUT2D eigenvalue weighted by atomic mass is 35.5. The number of halogens is 1. The molecular weight excluding hydrogens is 412 g/mol. The first-order valence-corrected chi connectivity index (χ1v) is 11.1. The van der Waals surface area contributed by atoms with Gasteiger partial charge in [0.05, 0.1) is 15.9 Å². The lowest BCUT2D eigenvalue weighted by molar-refractivity contribution is -0.137. The fourth-order valence-corrected chi connectivity index (χ4v) is 4.91. The molecule has 154 valence electrons. The molecule has 0 saturated heterocycles. The van der Waals surface area contributed by atoms with E-state index in [1.165, 1.54) is 3.97 Å². The number of nitrogens with zero attached hydrogens (tertiary/aromatic N) is 2. The number of benzene rings is 1. The second-order valence-electron chi connectivity index (χ2n) is 7.97. The molecule has 3 aromatic rings. The summed E-state index contributed by atoms with van der Waals surface area (Å²) < 4.78 is 28.2. The molecule has 0 atom stereocenters. The topological polar surface area (TPSA) is 89.3 Å². The van der Waals surface area contributed by atoms with E-state index in [-0.39, 0.29) is 21.9 Å². The summed E-state index contributed by atoms with van der Waals surface area (Å²) in [4.78, 5) is 15.2. The van der Waals surface area contributed by atoms with Gasteiger partial charge < -0.3 is 5.11 Å². The third kappa shape index (κ3) is 4.46. The normalized spacial score (nSPS) is 12.4. The van der Waals surface area contributed by atoms with E-state index in [0.717, 1.165) is 5.56 Å². The number of rotatable bonds is 6. The van der Waals surface area contributed by atoms with Gasteiger partial charge in [-0.05, 0) is 54.2 Å². The minimum atomic E-state index is -3.89. The fraction of sp³-hybridized carbons (Fsp3) is 0.333. The molecule has 6 nitrogen and oxygen atoms in total. The highest BCUT2D eigenvalue weighted by Crippen LogP contribution is 2.29. The van der Waals surface area contributed by atoms with E-state index < -0.39 is 16.0 Å². The van der Waals surface area contributed by atoms with E-state index >= 15 is 0 Å². The van der Waals surface area contributed by atoms with Gasteiger partial charge in [-0.15, -0.1) is 0 Å². The summed E-state index contributed by atoms with van der Waals surface area (Å²) in [5, 5.41) is 9.17. The van der Waals surface area contributed by atoms with Gasteiger partial charge in [0, 0.05) is 12.1 Å². The number of carboxylic acids is 1. The zero-order valence-corrected chi connectivity index (χ0v) is 18.1. The molecule has 0 bridgehead atoms. The average molecular weight is 435 g/mol. The summed E-state index contributed by atoms with van der Waals surface area (Å²) in [6, 6.07) is 11.7. The maximum absolute atomic E-state index is 13.5. The van der Waals surface area contributed by atoms with E-state index in [1.54, 1.807) is 30.3 Å². The highest BCUT2D eigenvalue weighted by molar-refractivity contribution is 7.90. The van der Waals surface area contributed by atoms with E-state index in [2.05, 4.69) is 25.8 Å². The Morgan fingerprint density at radius 1 is 1.14 bits per heavy atom. The molecule has 0 radical (unpaired) electrons. The summed E-state index contributed by atoms with van der Waals surface area (Å²) in [6.45, 7) is 6.18. The first-order chi connectivity index (χ1) is 13.5. The molecule has 0 fully saturated rings. The molecule has 29 heavy (non-hydrogen) atoms. The third-order valence-electron chi connectivity index (χ3n) is 4.73. The van der Waals surface area contributed by atoms with Gasteiger partial charge in [0.25, 0.3) is 10.0 Å². The zero-order chi connectivity index (χ0) is 21.4. The van der Waals surface area contributed by atoms with Crippen LogP contribution in [0.5, 0.6) is 0 Å². The second kappa shape index (κ2) is 7.80. The van der Waals surface area contributed by atoms with Crippen LogP contribution in [0.2, 0.25) is 5.15 Å². The van der Waals surface area contributed by atoms with Crippen molar-refractivity contribution in [1.29, 1.82) is 0 Å². The summed E-state index contributed by atoms with van der Waals surface area (Å²) in [7, 11) is -3.89. The van der Waals surface area contributed by atoms with Crippen molar-refractivity contribution < 1.29 is 18.3 Å². The van der Waals surface area contributed by atoms with Crippen molar-refractivity contribution in [2.75, 3.05) is 0 Å². The molecule has 0 saturated carbocycles. The van der Waals surface area contributed by atoms with Crippen molar-refractivity contribution in [2.45, 2.75) is 50.3 Å². The van der Waals surface area contributed by atoms with Crippen LogP contribution in [-0.4, -0.2) is 28.5 Å². The number of pyridine rings is 1. The molecule has 0 amide bonds. The Morgan fingerprint density at radius 2 is 1.79 bits per heavy atom. The summed E-state index contributed by atoms with van der Waals surface area (Å²) >= 11 is 5.97. The fourth-order valence-electron chi connectivity index (χ4n) is 3.20. The minimum Gasteiger partial charge on any atom is -0.481 e. The predicted molar refractivity (Wildman–Crippen MR) is 113 cm³/mol. The van der Waals surface area contributed by atoms with Gasteiger partial charge >= 0.3 is 5.97 Å². The van der Waals surface area contributed by atoms with Crippen molar-refractivity contribution in [1.82, 2.24) is 8.96 Å². The lowest BCUT2D eigenvalue weighted by Gasteiger charge is -2.19. The molecule has 0 spiro atoms. The molecule has 0 aliphatic rings. The number of carbonyl (C=O) groups is 1. The number of aliphatic carboxylic acids is 1. The Labute approximate surface area is 175 Å². The van der Waals surface area contributed by atoms with Crippen molar-refractivity contribution in [2.24, 2.45) is 0 Å². The number of aromatic nitrogens is 2. The molecule has 2 heterocycles. The Hall–Kier alpha value is -2.38. The van der Waals surface area contributed by atoms with Crippen LogP contribution in [-0.2, 0) is 26.7 Å². The van der Waals surface area contributed by atoms with E-state index in [4.69, 9.17) is 16.7 Å². The van der Waals surface area contributed by atoms with Gasteiger partial charge in [-0.2, -0.15) is 0 Å². The average Bonchev–Trinajstić information content (AvgIpc) is 2.98. The minimum absolute atomic E-state index is 0.0456. The van der Waals surface area contributed by atoms with Crippen LogP contribution in [0.1, 0.15) is 44.9 Å². The van der Waals surface area contributed by atoms with Gasteiger partial charge in [0.1, 0.15) is 5.15 Å². The molecule has 3 rings (SSSR count). The smallest absolute Gasteiger partial charge is 0.303 e. The lowest BCUT2D eigenvalue weighted by Crippen LogP contribution is -2.17. The first kappa shape index (κ1) is 21.3. The number of aryl methyl sites for hydroxylation is 1. The second-order valence-corrected chi connectivity index (χ2v) is 10.1. The molecule has 0 unspecified atom stereocenters. The van der Waals surface area contributed by atoms with Crippen LogP contribution in [0, 0.1) is 0 Å². The SMILES string of the molecule is CC(C)(C)c1ccc(S(=O)(=O)n2c(CCCC(=O)O)cc3nc(Cl)ccc32)cc1. The van der Waals surface area contributed by atoms with Crippen molar-refractivity contribution >= 4 is 38.6 Å². The van der Waals surface area contributed by atoms with E-state index in [0.29, 0.717) is 29.6 Å². The van der Waals surface area contributed by atoms with Crippen LogP contribution in [0.25, 0.3) is 11.0 Å². The van der Waals surface area contributed by atoms with Gasteiger partial charge in [-0.25, -0.2) is 17.4 Å². The predicted octanol–water partition coefficient (Wildman–Crippen LogP) is 4.63. The quantitative estimate of drug-likeness (QED) is 0.571. The summed E-state index contributed by atoms with van der Waals surface area (Å²) in [5.41, 5.74) is 2.29. The Kier molecular flexibility index (Phi) is 5.74. The standard InChI is InChI=1S/C21H23ClN2O4S/c1-21(2,3)14-7-9-16(10-8-14)29(27,28)24-15(5-4-6-20(25)26)13-17-18(24)11-12-19(22)23-17/h7-13H,4-6H2,1-3H3,(H,25,26). The molecule has 1 aromatic carbocycles. The number of hydrogen-bond acceptors (Lipinski definition) is 4. The Balaban J connectivity index is 2.11. The number of carboxylic acid groups (broad SMARTS) is 1. The highest BCUT2D eigenvalue weighted by Gasteiger charge is 2.24. The molecule has 2 aromatic heterocycles. The molecular formula is C21H23ClN2O4S. The van der Waals surface area contributed by atoms with Gasteiger partial charge in [-0.3, -0.25) is 4.79 Å². The molecule has 8 heteroatoms. The van der Waals surface area contributed by atoms with Gasteiger partial charge in [0.15, 0.2) is 0 Å². The summed E-state index contributed by atoms with van der Waals surface area (Å²) in [5.74, 6) is -0.922. The van der Waals surface area contributed by atoms with Gasteiger partial charge in [-0.1, -0.05) is 44.5 Å². The van der Waals surface area contributed by atoms with Crippen molar-refractivity contribution in [3.05, 3.63) is 58.9 Å². The van der Waals surface area contributed by atoms with Crippen molar-refractivity contribution in [3.8, 4) is 0 Å².